The van der Waals surface area contributed by atoms with Crippen LogP contribution in [-0.2, 0) is 0 Å². The molecule has 5 heteroatoms. The van der Waals surface area contributed by atoms with Gasteiger partial charge in [-0.15, -0.1) is 0 Å². The molecule has 2 aromatic rings. The SMILES string of the molecule is N#Cc1ccc(Nc2cccc(Br)c2)c(F)c1Br. The summed E-state index contributed by atoms with van der Waals surface area (Å²) in [4.78, 5) is 0. The molecule has 0 saturated carbocycles. The van der Waals surface area contributed by atoms with Crippen LogP contribution in [0.4, 0.5) is 15.8 Å². The van der Waals surface area contributed by atoms with Crippen LogP contribution in [0.25, 0.3) is 0 Å². The van der Waals surface area contributed by atoms with Gasteiger partial charge in [-0.25, -0.2) is 4.39 Å². The fourth-order valence-electron chi connectivity index (χ4n) is 1.45. The molecular formula is C13H7Br2FN2. The second-order valence-electron chi connectivity index (χ2n) is 3.54. The van der Waals surface area contributed by atoms with Crippen molar-refractivity contribution in [1.29, 1.82) is 5.26 Å². The number of nitrogens with one attached hydrogen (secondary N) is 1. The zero-order valence-corrected chi connectivity index (χ0v) is 12.2. The zero-order chi connectivity index (χ0) is 13.1. The van der Waals surface area contributed by atoms with Crippen LogP contribution in [0.3, 0.4) is 0 Å². The highest BCUT2D eigenvalue weighted by atomic mass is 79.9. The largest absolute Gasteiger partial charge is 0.353 e. The van der Waals surface area contributed by atoms with Crippen molar-refractivity contribution in [3.8, 4) is 6.07 Å². The van der Waals surface area contributed by atoms with E-state index in [-0.39, 0.29) is 10.0 Å². The van der Waals surface area contributed by atoms with Gasteiger partial charge in [-0.1, -0.05) is 22.0 Å². The molecule has 2 aromatic carbocycles. The number of hydrogen-bond acceptors (Lipinski definition) is 2. The van der Waals surface area contributed by atoms with Crippen molar-refractivity contribution in [2.24, 2.45) is 0 Å². The third-order valence-corrected chi connectivity index (χ3v) is 3.57. The van der Waals surface area contributed by atoms with E-state index in [0.717, 1.165) is 10.2 Å². The van der Waals surface area contributed by atoms with Crippen molar-refractivity contribution in [3.05, 3.63) is 56.7 Å². The fraction of sp³-hybridized carbons (Fsp3) is 0. The van der Waals surface area contributed by atoms with Crippen molar-refractivity contribution in [3.63, 3.8) is 0 Å². The van der Waals surface area contributed by atoms with Gasteiger partial charge in [0.2, 0.25) is 0 Å². The maximum Gasteiger partial charge on any atom is 0.162 e. The molecule has 90 valence electrons. The van der Waals surface area contributed by atoms with E-state index < -0.39 is 5.82 Å². The number of hydrogen-bond donors (Lipinski definition) is 1. The van der Waals surface area contributed by atoms with E-state index in [9.17, 15) is 4.39 Å². The fourth-order valence-corrected chi connectivity index (χ4v) is 2.29. The van der Waals surface area contributed by atoms with Crippen LogP contribution in [0.5, 0.6) is 0 Å². The lowest BCUT2D eigenvalue weighted by Gasteiger charge is -2.09. The Morgan fingerprint density at radius 3 is 2.61 bits per heavy atom. The molecule has 0 unspecified atom stereocenters. The van der Waals surface area contributed by atoms with Gasteiger partial charge >= 0.3 is 0 Å². The molecular weight excluding hydrogens is 363 g/mol. The van der Waals surface area contributed by atoms with Gasteiger partial charge < -0.3 is 5.32 Å². The number of nitriles is 1. The van der Waals surface area contributed by atoms with E-state index in [2.05, 4.69) is 37.2 Å². The molecule has 0 heterocycles. The zero-order valence-electron chi connectivity index (χ0n) is 9.05. The van der Waals surface area contributed by atoms with Crippen LogP contribution in [0.1, 0.15) is 5.56 Å². The molecule has 0 bridgehead atoms. The average Bonchev–Trinajstić information content (AvgIpc) is 2.35. The Hall–Kier alpha value is -1.38. The Labute approximate surface area is 121 Å². The van der Waals surface area contributed by atoms with Crippen LogP contribution in [0.15, 0.2) is 45.3 Å². The number of benzene rings is 2. The molecule has 18 heavy (non-hydrogen) atoms. The van der Waals surface area contributed by atoms with Crippen LogP contribution in [0.2, 0.25) is 0 Å². The summed E-state index contributed by atoms with van der Waals surface area (Å²) in [5, 5.41) is 11.7. The maximum absolute atomic E-state index is 14.0. The summed E-state index contributed by atoms with van der Waals surface area (Å²) in [6.07, 6.45) is 0. The van der Waals surface area contributed by atoms with Crippen molar-refractivity contribution >= 4 is 43.2 Å². The standard InChI is InChI=1S/C13H7Br2FN2/c14-9-2-1-3-10(6-9)18-11-5-4-8(7-17)12(15)13(11)16/h1-6,18H. The minimum atomic E-state index is -0.478. The molecule has 2 rings (SSSR count). The maximum atomic E-state index is 14.0. The molecule has 0 aliphatic rings. The predicted molar refractivity (Wildman–Crippen MR) is 76.2 cm³/mol. The highest BCUT2D eigenvalue weighted by Gasteiger charge is 2.11. The van der Waals surface area contributed by atoms with E-state index >= 15 is 0 Å². The summed E-state index contributed by atoms with van der Waals surface area (Å²) in [5.41, 5.74) is 1.35. The van der Waals surface area contributed by atoms with Crippen molar-refractivity contribution in [1.82, 2.24) is 0 Å². The molecule has 2 nitrogen and oxygen atoms in total. The molecule has 0 aliphatic carbocycles. The van der Waals surface area contributed by atoms with Crippen LogP contribution in [-0.4, -0.2) is 0 Å². The van der Waals surface area contributed by atoms with Gasteiger partial charge in [0, 0.05) is 10.2 Å². The summed E-state index contributed by atoms with van der Waals surface area (Å²) >= 11 is 6.42. The summed E-state index contributed by atoms with van der Waals surface area (Å²) in [5.74, 6) is -0.478. The summed E-state index contributed by atoms with van der Waals surface area (Å²) in [6, 6.07) is 12.4. The van der Waals surface area contributed by atoms with Crippen molar-refractivity contribution < 1.29 is 4.39 Å². The molecule has 0 aliphatic heterocycles. The molecule has 0 aromatic heterocycles. The highest BCUT2D eigenvalue weighted by Crippen LogP contribution is 2.29. The lowest BCUT2D eigenvalue weighted by molar-refractivity contribution is 0.624. The van der Waals surface area contributed by atoms with Crippen LogP contribution in [0, 0.1) is 17.1 Å². The Morgan fingerprint density at radius 2 is 1.94 bits per heavy atom. The minimum absolute atomic E-state index is 0.171. The predicted octanol–water partition coefficient (Wildman–Crippen LogP) is 4.97. The number of anilines is 2. The first-order valence-electron chi connectivity index (χ1n) is 5.02. The first-order chi connectivity index (χ1) is 8.61. The van der Waals surface area contributed by atoms with Gasteiger partial charge in [-0.05, 0) is 46.3 Å². The van der Waals surface area contributed by atoms with Crippen molar-refractivity contribution in [2.75, 3.05) is 5.32 Å². The van der Waals surface area contributed by atoms with Crippen LogP contribution < -0.4 is 5.32 Å². The molecule has 0 fully saturated rings. The monoisotopic (exact) mass is 368 g/mol. The Morgan fingerprint density at radius 1 is 1.17 bits per heavy atom. The number of halogens is 3. The van der Waals surface area contributed by atoms with E-state index in [1.54, 1.807) is 12.1 Å². The van der Waals surface area contributed by atoms with Gasteiger partial charge in [0.1, 0.15) is 6.07 Å². The van der Waals surface area contributed by atoms with Crippen molar-refractivity contribution in [2.45, 2.75) is 0 Å². The molecule has 0 atom stereocenters. The molecule has 0 radical (unpaired) electrons. The third-order valence-electron chi connectivity index (χ3n) is 2.31. The normalized spacial score (nSPS) is 9.89. The van der Waals surface area contributed by atoms with Crippen LogP contribution >= 0.6 is 31.9 Å². The van der Waals surface area contributed by atoms with Gasteiger partial charge in [0.05, 0.1) is 15.7 Å². The molecule has 0 saturated heterocycles. The minimum Gasteiger partial charge on any atom is -0.353 e. The topological polar surface area (TPSA) is 35.8 Å². The average molecular weight is 370 g/mol. The molecule has 0 amide bonds. The van der Waals surface area contributed by atoms with Gasteiger partial charge in [0.25, 0.3) is 0 Å². The first kappa shape index (κ1) is 13.1. The van der Waals surface area contributed by atoms with E-state index in [1.807, 2.05) is 30.3 Å². The lowest BCUT2D eigenvalue weighted by atomic mass is 10.2. The van der Waals surface area contributed by atoms with E-state index in [4.69, 9.17) is 5.26 Å². The summed E-state index contributed by atoms with van der Waals surface area (Å²) in [6.45, 7) is 0. The third kappa shape index (κ3) is 2.71. The first-order valence-corrected chi connectivity index (χ1v) is 6.61. The Kier molecular flexibility index (Phi) is 4.00. The van der Waals surface area contributed by atoms with E-state index in [1.165, 1.54) is 0 Å². The number of nitrogens with zero attached hydrogens (tertiary/aromatic N) is 1. The molecule has 0 spiro atoms. The second kappa shape index (κ2) is 5.51. The smallest absolute Gasteiger partial charge is 0.162 e. The summed E-state index contributed by atoms with van der Waals surface area (Å²) in [7, 11) is 0. The second-order valence-corrected chi connectivity index (χ2v) is 5.24. The number of rotatable bonds is 2. The Balaban J connectivity index is 2.36. The molecule has 1 N–H and O–H groups in total. The van der Waals surface area contributed by atoms with Gasteiger partial charge in [-0.3, -0.25) is 0 Å². The van der Waals surface area contributed by atoms with E-state index in [0.29, 0.717) is 5.69 Å². The highest BCUT2D eigenvalue weighted by molar-refractivity contribution is 9.10. The van der Waals surface area contributed by atoms with Gasteiger partial charge in [-0.2, -0.15) is 5.26 Å². The van der Waals surface area contributed by atoms with Gasteiger partial charge in [0.15, 0.2) is 5.82 Å². The lowest BCUT2D eigenvalue weighted by Crippen LogP contribution is -1.96. The Bertz CT molecular complexity index is 635. The quantitative estimate of drug-likeness (QED) is 0.811. The summed E-state index contributed by atoms with van der Waals surface area (Å²) < 4.78 is 15.0.